The summed E-state index contributed by atoms with van der Waals surface area (Å²) in [5, 5.41) is 6.65. The van der Waals surface area contributed by atoms with Gasteiger partial charge >= 0.3 is 0 Å². The molecule has 1 atom stereocenters. The zero-order chi connectivity index (χ0) is 18.4. The number of nitrogens with one attached hydrogen (secondary N) is 2. The van der Waals surface area contributed by atoms with Crippen molar-refractivity contribution in [2.45, 2.75) is 56.1 Å². The smallest absolute Gasteiger partial charge is 0.228 e. The normalized spacial score (nSPS) is 20.2. The van der Waals surface area contributed by atoms with Crippen molar-refractivity contribution < 1.29 is 14.3 Å². The fourth-order valence-electron chi connectivity index (χ4n) is 3.69. The Labute approximate surface area is 159 Å². The lowest BCUT2D eigenvalue weighted by atomic mass is 9.89. The van der Waals surface area contributed by atoms with Crippen LogP contribution in [0.25, 0.3) is 0 Å². The molecule has 1 heterocycles. The molecule has 6 heteroatoms. The van der Waals surface area contributed by atoms with Crippen LogP contribution in [0.4, 0.5) is 5.69 Å². The molecule has 2 amide bonds. The van der Waals surface area contributed by atoms with Gasteiger partial charge in [-0.25, -0.2) is 0 Å². The Hall–Kier alpha value is -1.69. The Morgan fingerprint density at radius 1 is 1.31 bits per heavy atom. The van der Waals surface area contributed by atoms with Gasteiger partial charge in [0.05, 0.1) is 13.0 Å². The molecule has 0 spiro atoms. The van der Waals surface area contributed by atoms with Crippen LogP contribution in [0, 0.1) is 0 Å². The van der Waals surface area contributed by atoms with Gasteiger partial charge in [-0.05, 0) is 48.8 Å². The van der Waals surface area contributed by atoms with Gasteiger partial charge in [0.2, 0.25) is 11.8 Å². The fraction of sp³-hybridized carbons (Fsp3) is 0.600. The Kier molecular flexibility index (Phi) is 6.83. The quantitative estimate of drug-likeness (QED) is 0.712. The summed E-state index contributed by atoms with van der Waals surface area (Å²) in [4.78, 5) is 24.6. The summed E-state index contributed by atoms with van der Waals surface area (Å²) in [5.41, 5.74) is 1.54. The van der Waals surface area contributed by atoms with Crippen LogP contribution in [0.5, 0.6) is 5.75 Å². The molecule has 1 aliphatic carbocycles. The number of amides is 2. The number of benzene rings is 1. The molecule has 2 N–H and O–H groups in total. The molecule has 0 aromatic heterocycles. The number of fused-ring (bicyclic) bond motifs is 1. The van der Waals surface area contributed by atoms with Crippen LogP contribution in [0.2, 0.25) is 0 Å². The highest BCUT2D eigenvalue weighted by Gasteiger charge is 2.30. The van der Waals surface area contributed by atoms with Crippen molar-refractivity contribution in [2.24, 2.45) is 0 Å². The standard InChI is InChI=1S/C20H28N2O3S/c1-25-14-8-9-18-16(12-14)17(13-19(23)22-18)20(24)21-10-5-11-26-15-6-3-2-4-7-15/h8-9,12,15,17H,2-7,10-11,13H2,1H3,(H,21,24)(H,22,23)/t17-/m1/s1. The minimum absolute atomic E-state index is 0.0722. The summed E-state index contributed by atoms with van der Waals surface area (Å²) in [5.74, 6) is 1.15. The monoisotopic (exact) mass is 376 g/mol. The lowest BCUT2D eigenvalue weighted by Gasteiger charge is -2.25. The van der Waals surface area contributed by atoms with Gasteiger partial charge in [0.1, 0.15) is 5.75 Å². The molecule has 3 rings (SSSR count). The minimum Gasteiger partial charge on any atom is -0.497 e. The third-order valence-corrected chi connectivity index (χ3v) is 6.61. The molecule has 1 aliphatic heterocycles. The number of hydrogen-bond acceptors (Lipinski definition) is 4. The highest BCUT2D eigenvalue weighted by Crippen LogP contribution is 2.35. The lowest BCUT2D eigenvalue weighted by molar-refractivity contribution is -0.126. The van der Waals surface area contributed by atoms with E-state index in [-0.39, 0.29) is 18.2 Å². The molecule has 26 heavy (non-hydrogen) atoms. The average molecular weight is 377 g/mol. The second-order valence-corrected chi connectivity index (χ2v) is 8.44. The van der Waals surface area contributed by atoms with E-state index in [9.17, 15) is 9.59 Å². The molecule has 1 aromatic rings. The van der Waals surface area contributed by atoms with Crippen molar-refractivity contribution in [3.05, 3.63) is 23.8 Å². The molecule has 142 valence electrons. The van der Waals surface area contributed by atoms with E-state index in [1.165, 1.54) is 32.1 Å². The predicted octanol–water partition coefficient (Wildman–Crippen LogP) is 3.69. The zero-order valence-electron chi connectivity index (χ0n) is 15.4. The second kappa shape index (κ2) is 9.31. The molecular weight excluding hydrogens is 348 g/mol. The van der Waals surface area contributed by atoms with E-state index in [1.807, 2.05) is 17.8 Å². The summed E-state index contributed by atoms with van der Waals surface area (Å²) < 4.78 is 5.26. The van der Waals surface area contributed by atoms with Crippen LogP contribution >= 0.6 is 11.8 Å². The third-order valence-electron chi connectivity index (χ3n) is 5.14. The van der Waals surface area contributed by atoms with Crippen molar-refractivity contribution in [2.75, 3.05) is 24.7 Å². The molecule has 2 aliphatic rings. The van der Waals surface area contributed by atoms with E-state index in [1.54, 1.807) is 19.2 Å². The molecule has 1 aromatic carbocycles. The minimum atomic E-state index is -0.445. The molecule has 1 fully saturated rings. The Morgan fingerprint density at radius 3 is 2.88 bits per heavy atom. The summed E-state index contributed by atoms with van der Waals surface area (Å²) in [6, 6.07) is 5.44. The van der Waals surface area contributed by atoms with Crippen LogP contribution < -0.4 is 15.4 Å². The first-order chi connectivity index (χ1) is 12.7. The van der Waals surface area contributed by atoms with E-state index in [0.717, 1.165) is 23.0 Å². The van der Waals surface area contributed by atoms with Crippen molar-refractivity contribution in [3.63, 3.8) is 0 Å². The van der Waals surface area contributed by atoms with Gasteiger partial charge in [-0.1, -0.05) is 19.3 Å². The van der Waals surface area contributed by atoms with Crippen LogP contribution in [-0.4, -0.2) is 36.5 Å². The number of rotatable bonds is 7. The first-order valence-corrected chi connectivity index (χ1v) is 10.6. The van der Waals surface area contributed by atoms with Crippen molar-refractivity contribution >= 4 is 29.3 Å². The first kappa shape index (κ1) is 19.1. The molecular formula is C20H28N2O3S. The van der Waals surface area contributed by atoms with E-state index < -0.39 is 5.92 Å². The van der Waals surface area contributed by atoms with E-state index in [0.29, 0.717) is 18.0 Å². The summed E-state index contributed by atoms with van der Waals surface area (Å²) >= 11 is 2.05. The number of anilines is 1. The summed E-state index contributed by atoms with van der Waals surface area (Å²) in [6.45, 7) is 0.663. The van der Waals surface area contributed by atoms with Crippen LogP contribution in [0.15, 0.2) is 18.2 Å². The van der Waals surface area contributed by atoms with Gasteiger partial charge in [-0.2, -0.15) is 11.8 Å². The molecule has 0 radical (unpaired) electrons. The van der Waals surface area contributed by atoms with Gasteiger partial charge < -0.3 is 15.4 Å². The SMILES string of the molecule is COc1ccc2c(c1)[C@H](C(=O)NCCCSC1CCCCC1)CC(=O)N2. The predicted molar refractivity (Wildman–Crippen MR) is 106 cm³/mol. The van der Waals surface area contributed by atoms with Crippen LogP contribution in [0.3, 0.4) is 0 Å². The topological polar surface area (TPSA) is 67.4 Å². The maximum atomic E-state index is 12.6. The Bertz CT molecular complexity index is 644. The second-order valence-electron chi connectivity index (χ2n) is 7.03. The number of thioether (sulfide) groups is 1. The maximum Gasteiger partial charge on any atom is 0.228 e. The number of ether oxygens (including phenoxy) is 1. The number of methoxy groups -OCH3 is 1. The average Bonchev–Trinajstić information content (AvgIpc) is 2.67. The van der Waals surface area contributed by atoms with E-state index in [4.69, 9.17) is 4.74 Å². The number of carbonyl (C=O) groups excluding carboxylic acids is 2. The van der Waals surface area contributed by atoms with E-state index in [2.05, 4.69) is 10.6 Å². The summed E-state index contributed by atoms with van der Waals surface area (Å²) in [7, 11) is 1.60. The zero-order valence-corrected chi connectivity index (χ0v) is 16.2. The van der Waals surface area contributed by atoms with Crippen molar-refractivity contribution in [3.8, 4) is 5.75 Å². The van der Waals surface area contributed by atoms with E-state index >= 15 is 0 Å². The Balaban J connectivity index is 1.49. The van der Waals surface area contributed by atoms with Crippen LogP contribution in [-0.2, 0) is 9.59 Å². The summed E-state index contributed by atoms with van der Waals surface area (Å²) in [6.07, 6.45) is 7.94. The van der Waals surface area contributed by atoms with Gasteiger partial charge in [0.15, 0.2) is 0 Å². The van der Waals surface area contributed by atoms with Crippen LogP contribution in [0.1, 0.15) is 56.4 Å². The molecule has 0 bridgehead atoms. The molecule has 0 saturated heterocycles. The molecule has 1 saturated carbocycles. The third kappa shape index (κ3) is 4.93. The molecule has 0 unspecified atom stereocenters. The first-order valence-electron chi connectivity index (χ1n) is 9.54. The number of hydrogen-bond donors (Lipinski definition) is 2. The van der Waals surface area contributed by atoms with Gasteiger partial charge in [0, 0.05) is 23.9 Å². The van der Waals surface area contributed by atoms with Crippen molar-refractivity contribution in [1.29, 1.82) is 0 Å². The van der Waals surface area contributed by atoms with Gasteiger partial charge in [-0.15, -0.1) is 0 Å². The highest BCUT2D eigenvalue weighted by molar-refractivity contribution is 7.99. The number of carbonyl (C=O) groups is 2. The van der Waals surface area contributed by atoms with Crippen molar-refractivity contribution in [1.82, 2.24) is 5.32 Å². The largest absolute Gasteiger partial charge is 0.497 e. The highest BCUT2D eigenvalue weighted by atomic mass is 32.2. The maximum absolute atomic E-state index is 12.6. The Morgan fingerprint density at radius 2 is 2.12 bits per heavy atom. The fourth-order valence-corrected chi connectivity index (χ4v) is 5.00. The lowest BCUT2D eigenvalue weighted by Crippen LogP contribution is -2.35. The van der Waals surface area contributed by atoms with Gasteiger partial charge in [0.25, 0.3) is 0 Å². The molecule has 5 nitrogen and oxygen atoms in total. The van der Waals surface area contributed by atoms with Gasteiger partial charge in [-0.3, -0.25) is 9.59 Å².